The van der Waals surface area contributed by atoms with Gasteiger partial charge < -0.3 is 14.8 Å². The molecule has 0 spiro atoms. The fourth-order valence-electron chi connectivity index (χ4n) is 1.63. The summed E-state index contributed by atoms with van der Waals surface area (Å²) in [4.78, 5) is 21.7. The number of aliphatic carboxylic acids is 1. The third-order valence-electron chi connectivity index (χ3n) is 2.48. The number of rotatable bonds is 3. The van der Waals surface area contributed by atoms with Crippen LogP contribution in [-0.2, 0) is 11.8 Å². The first-order valence-electron chi connectivity index (χ1n) is 4.48. The van der Waals surface area contributed by atoms with Gasteiger partial charge >= 0.3 is 11.9 Å². The van der Waals surface area contributed by atoms with E-state index in [0.29, 0.717) is 11.3 Å². The fraction of sp³-hybridized carbons (Fsp3) is 0.400. The van der Waals surface area contributed by atoms with Crippen LogP contribution in [0.5, 0.6) is 0 Å². The maximum atomic E-state index is 10.9. The maximum absolute atomic E-state index is 10.9. The zero-order valence-electron chi connectivity index (χ0n) is 8.81. The van der Waals surface area contributed by atoms with Crippen LogP contribution in [0.2, 0.25) is 0 Å². The quantitative estimate of drug-likeness (QED) is 0.787. The molecule has 0 aromatic carbocycles. The molecule has 0 saturated heterocycles. The molecule has 0 bridgehead atoms. The highest BCUT2D eigenvalue weighted by Gasteiger charge is 2.22. The van der Waals surface area contributed by atoms with Crippen molar-refractivity contribution in [3.63, 3.8) is 0 Å². The van der Waals surface area contributed by atoms with Gasteiger partial charge in [0.25, 0.3) is 0 Å². The van der Waals surface area contributed by atoms with E-state index in [1.54, 1.807) is 20.0 Å². The average molecular weight is 211 g/mol. The van der Waals surface area contributed by atoms with Crippen molar-refractivity contribution in [1.82, 2.24) is 4.57 Å². The van der Waals surface area contributed by atoms with Crippen molar-refractivity contribution in [2.75, 3.05) is 0 Å². The van der Waals surface area contributed by atoms with Gasteiger partial charge in [0.05, 0.1) is 5.92 Å². The van der Waals surface area contributed by atoms with E-state index in [4.69, 9.17) is 10.2 Å². The first-order valence-corrected chi connectivity index (χ1v) is 4.48. The molecule has 1 aromatic heterocycles. The van der Waals surface area contributed by atoms with Crippen LogP contribution in [0.4, 0.5) is 0 Å². The van der Waals surface area contributed by atoms with Gasteiger partial charge in [-0.3, -0.25) is 4.79 Å². The topological polar surface area (TPSA) is 79.5 Å². The van der Waals surface area contributed by atoms with Gasteiger partial charge in [0.1, 0.15) is 5.69 Å². The lowest BCUT2D eigenvalue weighted by Gasteiger charge is -2.08. The number of carboxylic acids is 2. The molecular formula is C10H13NO4. The van der Waals surface area contributed by atoms with Crippen molar-refractivity contribution in [3.05, 3.63) is 23.0 Å². The number of carboxylic acid groups (broad SMARTS) is 2. The molecule has 82 valence electrons. The molecule has 1 unspecified atom stereocenters. The van der Waals surface area contributed by atoms with Crippen molar-refractivity contribution in [1.29, 1.82) is 0 Å². The molecule has 1 atom stereocenters. The van der Waals surface area contributed by atoms with E-state index >= 15 is 0 Å². The highest BCUT2D eigenvalue weighted by molar-refractivity contribution is 5.88. The fourth-order valence-corrected chi connectivity index (χ4v) is 1.63. The third-order valence-corrected chi connectivity index (χ3v) is 2.48. The van der Waals surface area contributed by atoms with Gasteiger partial charge in [0.15, 0.2) is 0 Å². The summed E-state index contributed by atoms with van der Waals surface area (Å²) in [5.74, 6) is -2.71. The molecule has 0 radical (unpaired) electrons. The minimum absolute atomic E-state index is 0.137. The molecule has 2 N–H and O–H groups in total. The number of hydrogen-bond donors (Lipinski definition) is 2. The van der Waals surface area contributed by atoms with E-state index in [0.717, 1.165) is 0 Å². The second-order valence-electron chi connectivity index (χ2n) is 3.52. The zero-order valence-corrected chi connectivity index (χ0v) is 8.81. The van der Waals surface area contributed by atoms with Gasteiger partial charge in [-0.05, 0) is 25.5 Å². The Morgan fingerprint density at radius 1 is 1.40 bits per heavy atom. The molecule has 5 heteroatoms. The zero-order chi connectivity index (χ0) is 11.7. The summed E-state index contributed by atoms with van der Waals surface area (Å²) in [5.41, 5.74) is 1.21. The normalized spacial score (nSPS) is 12.5. The summed E-state index contributed by atoms with van der Waals surface area (Å²) in [7, 11) is 1.56. The SMILES string of the molecule is Cc1cc(C(C)C(=O)O)n(C)c1C(=O)O. The van der Waals surface area contributed by atoms with Crippen LogP contribution in [0.25, 0.3) is 0 Å². The first-order chi connectivity index (χ1) is 6.86. The van der Waals surface area contributed by atoms with Gasteiger partial charge in [-0.1, -0.05) is 0 Å². The van der Waals surface area contributed by atoms with Crippen LogP contribution in [0.1, 0.15) is 34.6 Å². The number of carbonyl (C=O) groups is 2. The standard InChI is InChI=1S/C10H13NO4/c1-5-4-7(6(2)9(12)13)11(3)8(5)10(14)15/h4,6H,1-3H3,(H,12,13)(H,14,15). The number of aryl methyl sites for hydroxylation is 1. The van der Waals surface area contributed by atoms with E-state index < -0.39 is 17.9 Å². The van der Waals surface area contributed by atoms with Crippen molar-refractivity contribution < 1.29 is 19.8 Å². The van der Waals surface area contributed by atoms with Crippen molar-refractivity contribution in [2.45, 2.75) is 19.8 Å². The van der Waals surface area contributed by atoms with Gasteiger partial charge in [-0.2, -0.15) is 0 Å². The Morgan fingerprint density at radius 3 is 2.27 bits per heavy atom. The smallest absolute Gasteiger partial charge is 0.352 e. The van der Waals surface area contributed by atoms with E-state index in [-0.39, 0.29) is 5.69 Å². The largest absolute Gasteiger partial charge is 0.481 e. The number of hydrogen-bond acceptors (Lipinski definition) is 2. The van der Waals surface area contributed by atoms with Crippen LogP contribution in [0.15, 0.2) is 6.07 Å². The Balaban J connectivity index is 3.29. The lowest BCUT2D eigenvalue weighted by Crippen LogP contribution is -2.14. The van der Waals surface area contributed by atoms with Gasteiger partial charge in [-0.15, -0.1) is 0 Å². The monoisotopic (exact) mass is 211 g/mol. The Bertz CT molecular complexity index is 419. The molecule has 5 nitrogen and oxygen atoms in total. The number of nitrogens with zero attached hydrogens (tertiary/aromatic N) is 1. The minimum atomic E-state index is -1.04. The Hall–Kier alpha value is -1.78. The highest BCUT2D eigenvalue weighted by Crippen LogP contribution is 2.21. The molecule has 0 aliphatic carbocycles. The molecule has 0 aliphatic rings. The molecule has 1 heterocycles. The van der Waals surface area contributed by atoms with Gasteiger partial charge in [0, 0.05) is 12.7 Å². The predicted molar refractivity (Wildman–Crippen MR) is 53.2 cm³/mol. The van der Waals surface area contributed by atoms with E-state index in [9.17, 15) is 9.59 Å². The van der Waals surface area contributed by atoms with Crippen LogP contribution < -0.4 is 0 Å². The van der Waals surface area contributed by atoms with E-state index in [1.807, 2.05) is 0 Å². The van der Waals surface area contributed by atoms with Gasteiger partial charge in [-0.25, -0.2) is 4.79 Å². The second-order valence-corrected chi connectivity index (χ2v) is 3.52. The maximum Gasteiger partial charge on any atom is 0.352 e. The van der Waals surface area contributed by atoms with Crippen LogP contribution >= 0.6 is 0 Å². The molecular weight excluding hydrogens is 198 g/mol. The summed E-state index contributed by atoms with van der Waals surface area (Å²) >= 11 is 0. The summed E-state index contributed by atoms with van der Waals surface area (Å²) in [6.07, 6.45) is 0. The molecule has 1 rings (SSSR count). The molecule has 0 amide bonds. The summed E-state index contributed by atoms with van der Waals surface area (Å²) in [6, 6.07) is 1.60. The molecule has 0 fully saturated rings. The highest BCUT2D eigenvalue weighted by atomic mass is 16.4. The first kappa shape index (κ1) is 11.3. The predicted octanol–water partition coefficient (Wildman–Crippen LogP) is 1.22. The summed E-state index contributed by atoms with van der Waals surface area (Å²) in [6.45, 7) is 3.18. The van der Waals surface area contributed by atoms with E-state index in [1.165, 1.54) is 11.5 Å². The molecule has 15 heavy (non-hydrogen) atoms. The Labute approximate surface area is 87.0 Å². The lowest BCUT2D eigenvalue weighted by atomic mass is 10.1. The number of aromatic nitrogens is 1. The van der Waals surface area contributed by atoms with Crippen LogP contribution in [0.3, 0.4) is 0 Å². The van der Waals surface area contributed by atoms with Crippen LogP contribution in [-0.4, -0.2) is 26.7 Å². The molecule has 0 aliphatic heterocycles. The van der Waals surface area contributed by atoms with Crippen molar-refractivity contribution in [3.8, 4) is 0 Å². The second kappa shape index (κ2) is 3.76. The van der Waals surface area contributed by atoms with Gasteiger partial charge in [0.2, 0.25) is 0 Å². The Kier molecular flexibility index (Phi) is 2.83. The Morgan fingerprint density at radius 2 is 1.93 bits per heavy atom. The minimum Gasteiger partial charge on any atom is -0.481 e. The van der Waals surface area contributed by atoms with Crippen LogP contribution in [0, 0.1) is 6.92 Å². The number of aromatic carboxylic acids is 1. The van der Waals surface area contributed by atoms with E-state index in [2.05, 4.69) is 0 Å². The molecule has 0 saturated carbocycles. The lowest BCUT2D eigenvalue weighted by molar-refractivity contribution is -0.138. The van der Waals surface area contributed by atoms with Crippen molar-refractivity contribution >= 4 is 11.9 Å². The summed E-state index contributed by atoms with van der Waals surface area (Å²) in [5, 5.41) is 17.7. The third kappa shape index (κ3) is 1.86. The average Bonchev–Trinajstić information content (AvgIpc) is 2.40. The molecule has 1 aromatic rings. The van der Waals surface area contributed by atoms with Crippen molar-refractivity contribution in [2.24, 2.45) is 7.05 Å². The summed E-state index contributed by atoms with van der Waals surface area (Å²) < 4.78 is 1.41.